The van der Waals surface area contributed by atoms with Crippen molar-refractivity contribution in [1.29, 1.82) is 0 Å². The van der Waals surface area contributed by atoms with Gasteiger partial charge in [0.05, 0.1) is 11.7 Å². The van der Waals surface area contributed by atoms with E-state index in [9.17, 15) is 13.9 Å². The van der Waals surface area contributed by atoms with E-state index in [2.05, 4.69) is 15.9 Å². The van der Waals surface area contributed by atoms with Crippen molar-refractivity contribution in [2.75, 3.05) is 6.54 Å². The SMILES string of the molecule is NCC(c1cccc(Cl)c1)C(O)c1c(F)cc(Br)cc1F. The van der Waals surface area contributed by atoms with Gasteiger partial charge in [0.15, 0.2) is 0 Å². The molecule has 21 heavy (non-hydrogen) atoms. The minimum atomic E-state index is -1.40. The molecular formula is C15H13BrClF2NO. The van der Waals surface area contributed by atoms with Gasteiger partial charge in [0.25, 0.3) is 0 Å². The first kappa shape index (κ1) is 16.4. The average molecular weight is 377 g/mol. The first-order valence-corrected chi connectivity index (χ1v) is 7.39. The molecule has 0 amide bonds. The smallest absolute Gasteiger partial charge is 0.133 e. The van der Waals surface area contributed by atoms with E-state index in [4.69, 9.17) is 17.3 Å². The monoisotopic (exact) mass is 375 g/mol. The predicted molar refractivity (Wildman–Crippen MR) is 82.3 cm³/mol. The van der Waals surface area contributed by atoms with Crippen molar-refractivity contribution in [3.8, 4) is 0 Å². The van der Waals surface area contributed by atoms with Crippen molar-refractivity contribution in [2.45, 2.75) is 12.0 Å². The summed E-state index contributed by atoms with van der Waals surface area (Å²) in [5.74, 6) is -2.31. The van der Waals surface area contributed by atoms with Gasteiger partial charge in [-0.1, -0.05) is 39.7 Å². The van der Waals surface area contributed by atoms with E-state index in [1.54, 1.807) is 24.3 Å². The molecule has 2 aromatic rings. The molecule has 112 valence electrons. The third-order valence-electron chi connectivity index (χ3n) is 3.25. The molecule has 2 aromatic carbocycles. The fraction of sp³-hybridized carbons (Fsp3) is 0.200. The molecular weight excluding hydrogens is 364 g/mol. The molecule has 2 unspecified atom stereocenters. The third kappa shape index (κ3) is 3.61. The standard InChI is InChI=1S/C15H13BrClF2NO/c16-9-5-12(18)14(13(19)6-9)15(21)11(7-20)8-2-1-3-10(17)4-8/h1-6,11,15,21H,7,20H2. The normalized spacial score (nSPS) is 14.0. The Labute approximate surface area is 134 Å². The van der Waals surface area contributed by atoms with Crippen LogP contribution in [0, 0.1) is 11.6 Å². The van der Waals surface area contributed by atoms with Crippen LogP contribution in [0.2, 0.25) is 5.02 Å². The zero-order valence-electron chi connectivity index (χ0n) is 10.9. The Morgan fingerprint density at radius 2 is 1.81 bits per heavy atom. The van der Waals surface area contributed by atoms with Crippen molar-refractivity contribution >= 4 is 27.5 Å². The van der Waals surface area contributed by atoms with Crippen molar-refractivity contribution in [2.24, 2.45) is 5.73 Å². The highest BCUT2D eigenvalue weighted by Gasteiger charge is 2.27. The maximum absolute atomic E-state index is 14.0. The van der Waals surface area contributed by atoms with Gasteiger partial charge in [-0.05, 0) is 29.8 Å². The molecule has 0 aliphatic rings. The van der Waals surface area contributed by atoms with Gasteiger partial charge in [0.1, 0.15) is 11.6 Å². The molecule has 0 bridgehead atoms. The van der Waals surface area contributed by atoms with E-state index < -0.39 is 29.2 Å². The molecule has 0 fully saturated rings. The molecule has 2 nitrogen and oxygen atoms in total. The summed E-state index contributed by atoms with van der Waals surface area (Å²) in [4.78, 5) is 0. The molecule has 0 saturated heterocycles. The Morgan fingerprint density at radius 3 is 2.33 bits per heavy atom. The summed E-state index contributed by atoms with van der Waals surface area (Å²) in [5.41, 5.74) is 5.90. The Morgan fingerprint density at radius 1 is 1.19 bits per heavy atom. The van der Waals surface area contributed by atoms with E-state index in [0.717, 1.165) is 12.1 Å². The summed E-state index contributed by atoms with van der Waals surface area (Å²) in [6.07, 6.45) is -1.40. The minimum Gasteiger partial charge on any atom is -0.388 e. The zero-order chi connectivity index (χ0) is 15.6. The summed E-state index contributed by atoms with van der Waals surface area (Å²) >= 11 is 8.90. The zero-order valence-corrected chi connectivity index (χ0v) is 13.2. The van der Waals surface area contributed by atoms with E-state index in [0.29, 0.717) is 10.6 Å². The number of benzene rings is 2. The van der Waals surface area contributed by atoms with Crippen LogP contribution in [0.25, 0.3) is 0 Å². The fourth-order valence-corrected chi connectivity index (χ4v) is 2.82. The number of rotatable bonds is 4. The molecule has 0 aliphatic heterocycles. The van der Waals surface area contributed by atoms with Gasteiger partial charge < -0.3 is 10.8 Å². The highest BCUT2D eigenvalue weighted by Crippen LogP contribution is 2.35. The summed E-state index contributed by atoms with van der Waals surface area (Å²) in [6.45, 7) is 0.0243. The topological polar surface area (TPSA) is 46.2 Å². The van der Waals surface area contributed by atoms with Crippen LogP contribution >= 0.6 is 27.5 Å². The highest BCUT2D eigenvalue weighted by molar-refractivity contribution is 9.10. The summed E-state index contributed by atoms with van der Waals surface area (Å²) in [5, 5.41) is 10.8. The van der Waals surface area contributed by atoms with Gasteiger partial charge in [-0.25, -0.2) is 8.78 Å². The molecule has 0 heterocycles. The first-order valence-electron chi connectivity index (χ1n) is 6.22. The lowest BCUT2D eigenvalue weighted by molar-refractivity contribution is 0.138. The molecule has 0 aromatic heterocycles. The van der Waals surface area contributed by atoms with Gasteiger partial charge in [0.2, 0.25) is 0 Å². The highest BCUT2D eigenvalue weighted by atomic mass is 79.9. The fourth-order valence-electron chi connectivity index (χ4n) is 2.22. The maximum Gasteiger partial charge on any atom is 0.133 e. The Bertz CT molecular complexity index is 630. The lowest BCUT2D eigenvalue weighted by Crippen LogP contribution is -2.22. The Kier molecular flexibility index (Phi) is 5.32. The van der Waals surface area contributed by atoms with Gasteiger partial charge in [-0.15, -0.1) is 0 Å². The largest absolute Gasteiger partial charge is 0.388 e. The molecule has 2 atom stereocenters. The van der Waals surface area contributed by atoms with Gasteiger partial charge in [-0.3, -0.25) is 0 Å². The van der Waals surface area contributed by atoms with E-state index >= 15 is 0 Å². The Hall–Kier alpha value is -1.01. The molecule has 0 radical (unpaired) electrons. The molecule has 0 spiro atoms. The minimum absolute atomic E-state index is 0.0243. The number of hydrogen-bond acceptors (Lipinski definition) is 2. The molecule has 3 N–H and O–H groups in total. The van der Waals surface area contributed by atoms with Crippen molar-refractivity contribution < 1.29 is 13.9 Å². The summed E-state index contributed by atoms with van der Waals surface area (Å²) in [6, 6.07) is 8.91. The van der Waals surface area contributed by atoms with E-state index in [1.165, 1.54) is 0 Å². The van der Waals surface area contributed by atoms with Gasteiger partial charge in [0, 0.05) is 22.0 Å². The van der Waals surface area contributed by atoms with Crippen LogP contribution in [0.4, 0.5) is 8.78 Å². The molecule has 0 aliphatic carbocycles. The van der Waals surface area contributed by atoms with E-state index in [-0.39, 0.29) is 11.0 Å². The number of halogens is 4. The number of nitrogens with two attached hydrogens (primary N) is 1. The second-order valence-electron chi connectivity index (χ2n) is 4.63. The van der Waals surface area contributed by atoms with Crippen molar-refractivity contribution in [1.82, 2.24) is 0 Å². The van der Waals surface area contributed by atoms with Crippen LogP contribution in [0.5, 0.6) is 0 Å². The number of hydrogen-bond donors (Lipinski definition) is 2. The lowest BCUT2D eigenvalue weighted by Gasteiger charge is -2.23. The predicted octanol–water partition coefficient (Wildman–Crippen LogP) is 4.16. The first-order chi connectivity index (χ1) is 9.93. The van der Waals surface area contributed by atoms with Gasteiger partial charge in [-0.2, -0.15) is 0 Å². The third-order valence-corrected chi connectivity index (χ3v) is 3.94. The average Bonchev–Trinajstić information content (AvgIpc) is 2.38. The maximum atomic E-state index is 14.0. The summed E-state index contributed by atoms with van der Waals surface area (Å²) < 4.78 is 28.2. The van der Waals surface area contributed by atoms with Gasteiger partial charge >= 0.3 is 0 Å². The van der Waals surface area contributed by atoms with Crippen LogP contribution in [0.15, 0.2) is 40.9 Å². The molecule has 0 saturated carbocycles. The van der Waals surface area contributed by atoms with Crippen molar-refractivity contribution in [3.63, 3.8) is 0 Å². The van der Waals surface area contributed by atoms with Crippen molar-refractivity contribution in [3.05, 3.63) is 68.7 Å². The summed E-state index contributed by atoms with van der Waals surface area (Å²) in [7, 11) is 0. The second-order valence-corrected chi connectivity index (χ2v) is 5.98. The number of aliphatic hydroxyl groups excluding tert-OH is 1. The Balaban J connectivity index is 2.44. The van der Waals surface area contributed by atoms with Crippen LogP contribution in [-0.2, 0) is 0 Å². The molecule has 2 rings (SSSR count). The van der Waals surface area contributed by atoms with Crippen LogP contribution in [0.1, 0.15) is 23.1 Å². The van der Waals surface area contributed by atoms with Crippen LogP contribution < -0.4 is 5.73 Å². The van der Waals surface area contributed by atoms with E-state index in [1.807, 2.05) is 0 Å². The lowest BCUT2D eigenvalue weighted by atomic mass is 9.89. The number of aliphatic hydroxyl groups is 1. The quantitative estimate of drug-likeness (QED) is 0.842. The van der Waals surface area contributed by atoms with Crippen LogP contribution in [-0.4, -0.2) is 11.7 Å². The molecule has 6 heteroatoms. The second kappa shape index (κ2) is 6.83. The van der Waals surface area contributed by atoms with Crippen LogP contribution in [0.3, 0.4) is 0 Å².